The maximum Gasteiger partial charge on any atom is 0.195 e. The number of carbonyl (C=O) groups is 1. The van der Waals surface area contributed by atoms with Crippen molar-refractivity contribution in [2.45, 2.75) is 6.92 Å². The quantitative estimate of drug-likeness (QED) is 0.678. The van der Waals surface area contributed by atoms with Gasteiger partial charge < -0.3 is 5.73 Å². The zero-order valence-electron chi connectivity index (χ0n) is 9.41. The van der Waals surface area contributed by atoms with E-state index in [2.05, 4.69) is 15.9 Å². The van der Waals surface area contributed by atoms with Gasteiger partial charge >= 0.3 is 0 Å². The molecule has 0 bridgehead atoms. The zero-order valence-corrected chi connectivity index (χ0v) is 11.0. The summed E-state index contributed by atoms with van der Waals surface area (Å²) < 4.78 is 0.851. The molecule has 3 heteroatoms. The van der Waals surface area contributed by atoms with E-state index in [1.165, 1.54) is 0 Å². The normalized spacial score (nSPS) is 10.2. The van der Waals surface area contributed by atoms with Crippen LogP contribution in [0.5, 0.6) is 0 Å². The molecule has 0 radical (unpaired) electrons. The molecule has 0 amide bonds. The smallest absolute Gasteiger partial charge is 0.195 e. The van der Waals surface area contributed by atoms with Gasteiger partial charge in [0.1, 0.15) is 0 Å². The molecule has 0 heterocycles. The molecule has 2 N–H and O–H groups in total. The van der Waals surface area contributed by atoms with Crippen LogP contribution in [0.1, 0.15) is 21.5 Å². The highest BCUT2D eigenvalue weighted by atomic mass is 79.9. The summed E-state index contributed by atoms with van der Waals surface area (Å²) in [6.45, 7) is 1.92. The van der Waals surface area contributed by atoms with Crippen molar-refractivity contribution >= 4 is 27.4 Å². The lowest BCUT2D eigenvalue weighted by Gasteiger charge is -2.07. The third-order valence-corrected chi connectivity index (χ3v) is 3.14. The van der Waals surface area contributed by atoms with Gasteiger partial charge in [0.15, 0.2) is 5.78 Å². The number of carbonyl (C=O) groups excluding carboxylic acids is 1. The SMILES string of the molecule is Cc1ccccc1C(=O)c1cc(Br)ccc1N. The Morgan fingerprint density at radius 1 is 1.12 bits per heavy atom. The number of hydrogen-bond acceptors (Lipinski definition) is 2. The van der Waals surface area contributed by atoms with Crippen molar-refractivity contribution in [3.05, 3.63) is 63.6 Å². The molecular weight excluding hydrogens is 278 g/mol. The first-order valence-corrected chi connectivity index (χ1v) is 6.04. The number of nitrogens with two attached hydrogens (primary N) is 1. The Kier molecular flexibility index (Phi) is 3.29. The molecule has 0 aliphatic carbocycles. The molecule has 0 aliphatic heterocycles. The van der Waals surface area contributed by atoms with E-state index < -0.39 is 0 Å². The number of nitrogen functional groups attached to an aromatic ring is 1. The van der Waals surface area contributed by atoms with Crippen LogP contribution in [0.3, 0.4) is 0 Å². The van der Waals surface area contributed by atoms with Gasteiger partial charge in [0, 0.05) is 21.3 Å². The molecule has 0 atom stereocenters. The van der Waals surface area contributed by atoms with Crippen molar-refractivity contribution < 1.29 is 4.79 Å². The van der Waals surface area contributed by atoms with Crippen molar-refractivity contribution in [1.29, 1.82) is 0 Å². The van der Waals surface area contributed by atoms with E-state index in [4.69, 9.17) is 5.73 Å². The average molecular weight is 290 g/mol. The first kappa shape index (κ1) is 11.9. The van der Waals surface area contributed by atoms with E-state index in [0.29, 0.717) is 16.8 Å². The van der Waals surface area contributed by atoms with E-state index in [1.54, 1.807) is 12.1 Å². The lowest BCUT2D eigenvalue weighted by molar-refractivity contribution is 0.103. The number of hydrogen-bond donors (Lipinski definition) is 1. The van der Waals surface area contributed by atoms with E-state index in [-0.39, 0.29) is 5.78 Å². The number of ketones is 1. The molecule has 0 saturated carbocycles. The Morgan fingerprint density at radius 2 is 1.82 bits per heavy atom. The van der Waals surface area contributed by atoms with E-state index in [1.807, 2.05) is 37.3 Å². The highest BCUT2D eigenvalue weighted by Crippen LogP contribution is 2.22. The molecule has 0 aromatic heterocycles. The predicted octanol–water partition coefficient (Wildman–Crippen LogP) is 3.57. The van der Waals surface area contributed by atoms with Crippen LogP contribution in [0.15, 0.2) is 46.9 Å². The molecule has 0 saturated heterocycles. The van der Waals surface area contributed by atoms with Gasteiger partial charge in [0.05, 0.1) is 0 Å². The second-order valence-electron chi connectivity index (χ2n) is 3.88. The summed E-state index contributed by atoms with van der Waals surface area (Å²) in [5.41, 5.74) is 8.52. The Morgan fingerprint density at radius 3 is 2.53 bits per heavy atom. The first-order chi connectivity index (χ1) is 8.09. The summed E-state index contributed by atoms with van der Waals surface area (Å²) in [5, 5.41) is 0. The molecule has 86 valence electrons. The molecular formula is C14H12BrNO. The van der Waals surface area contributed by atoms with Crippen molar-refractivity contribution in [2.75, 3.05) is 5.73 Å². The summed E-state index contributed by atoms with van der Waals surface area (Å²) in [6.07, 6.45) is 0. The fourth-order valence-corrected chi connectivity index (χ4v) is 2.06. The lowest BCUT2D eigenvalue weighted by Crippen LogP contribution is -2.06. The standard InChI is InChI=1S/C14H12BrNO/c1-9-4-2-3-5-11(9)14(17)12-8-10(15)6-7-13(12)16/h2-8H,16H2,1H3. The largest absolute Gasteiger partial charge is 0.398 e. The van der Waals surface area contributed by atoms with Crippen molar-refractivity contribution in [2.24, 2.45) is 0 Å². The maximum atomic E-state index is 12.3. The monoisotopic (exact) mass is 289 g/mol. The van der Waals surface area contributed by atoms with Gasteiger partial charge in [-0.25, -0.2) is 0 Å². The second-order valence-corrected chi connectivity index (χ2v) is 4.79. The van der Waals surface area contributed by atoms with Crippen LogP contribution in [0.2, 0.25) is 0 Å². The van der Waals surface area contributed by atoms with Crippen LogP contribution in [0.25, 0.3) is 0 Å². The van der Waals surface area contributed by atoms with Gasteiger partial charge in [0.2, 0.25) is 0 Å². The third-order valence-electron chi connectivity index (χ3n) is 2.65. The van der Waals surface area contributed by atoms with Gasteiger partial charge in [-0.05, 0) is 30.7 Å². The maximum absolute atomic E-state index is 12.3. The van der Waals surface area contributed by atoms with Crippen LogP contribution < -0.4 is 5.73 Å². The number of benzene rings is 2. The summed E-state index contributed by atoms with van der Waals surface area (Å²) in [6, 6.07) is 12.8. The predicted molar refractivity (Wildman–Crippen MR) is 73.2 cm³/mol. The molecule has 0 aliphatic rings. The van der Waals surface area contributed by atoms with Gasteiger partial charge in [-0.15, -0.1) is 0 Å². The molecule has 0 fully saturated rings. The minimum Gasteiger partial charge on any atom is -0.398 e. The van der Waals surface area contributed by atoms with Gasteiger partial charge in [-0.3, -0.25) is 4.79 Å². The topological polar surface area (TPSA) is 43.1 Å². The Bertz CT molecular complexity index is 578. The summed E-state index contributed by atoms with van der Waals surface area (Å²) in [5.74, 6) is -0.0399. The first-order valence-electron chi connectivity index (χ1n) is 5.25. The van der Waals surface area contributed by atoms with E-state index in [9.17, 15) is 4.79 Å². The second kappa shape index (κ2) is 4.72. The molecule has 0 unspecified atom stereocenters. The number of rotatable bonds is 2. The molecule has 2 rings (SSSR count). The Balaban J connectivity index is 2.51. The summed E-state index contributed by atoms with van der Waals surface area (Å²) in [4.78, 5) is 12.3. The fourth-order valence-electron chi connectivity index (χ4n) is 1.70. The number of halogens is 1. The average Bonchev–Trinajstić information content (AvgIpc) is 2.32. The van der Waals surface area contributed by atoms with Crippen LogP contribution in [0, 0.1) is 6.92 Å². The van der Waals surface area contributed by atoms with Crippen molar-refractivity contribution in [3.63, 3.8) is 0 Å². The minimum atomic E-state index is -0.0399. The Hall–Kier alpha value is -1.61. The molecule has 2 nitrogen and oxygen atoms in total. The van der Waals surface area contributed by atoms with Crippen molar-refractivity contribution in [1.82, 2.24) is 0 Å². The van der Waals surface area contributed by atoms with Gasteiger partial charge in [-0.1, -0.05) is 40.2 Å². The van der Waals surface area contributed by atoms with Crippen LogP contribution >= 0.6 is 15.9 Å². The number of anilines is 1. The lowest BCUT2D eigenvalue weighted by atomic mass is 9.98. The minimum absolute atomic E-state index is 0.0399. The van der Waals surface area contributed by atoms with Crippen LogP contribution in [-0.4, -0.2) is 5.78 Å². The Labute approximate surface area is 109 Å². The van der Waals surface area contributed by atoms with Gasteiger partial charge in [0.25, 0.3) is 0 Å². The van der Waals surface area contributed by atoms with Crippen LogP contribution in [0.4, 0.5) is 5.69 Å². The fraction of sp³-hybridized carbons (Fsp3) is 0.0714. The zero-order chi connectivity index (χ0) is 12.4. The molecule has 17 heavy (non-hydrogen) atoms. The molecule has 2 aromatic carbocycles. The molecule has 2 aromatic rings. The molecule has 0 spiro atoms. The third kappa shape index (κ3) is 2.39. The van der Waals surface area contributed by atoms with E-state index in [0.717, 1.165) is 10.0 Å². The number of aryl methyl sites for hydroxylation is 1. The highest BCUT2D eigenvalue weighted by molar-refractivity contribution is 9.10. The van der Waals surface area contributed by atoms with E-state index >= 15 is 0 Å². The summed E-state index contributed by atoms with van der Waals surface area (Å²) >= 11 is 3.35. The van der Waals surface area contributed by atoms with Crippen molar-refractivity contribution in [3.8, 4) is 0 Å². The highest BCUT2D eigenvalue weighted by Gasteiger charge is 2.14. The summed E-state index contributed by atoms with van der Waals surface area (Å²) in [7, 11) is 0. The van der Waals surface area contributed by atoms with Gasteiger partial charge in [-0.2, -0.15) is 0 Å². The van der Waals surface area contributed by atoms with Crippen LogP contribution in [-0.2, 0) is 0 Å².